The summed E-state index contributed by atoms with van der Waals surface area (Å²) in [6, 6.07) is 4.83. The zero-order valence-corrected chi connectivity index (χ0v) is 18.4. The molecule has 170 valence electrons. The van der Waals surface area contributed by atoms with Crippen molar-refractivity contribution in [2.75, 3.05) is 7.11 Å². The summed E-state index contributed by atoms with van der Waals surface area (Å²) >= 11 is 5.74. The fourth-order valence-electron chi connectivity index (χ4n) is 2.70. The molecule has 0 aliphatic heterocycles. The molecule has 0 bridgehead atoms. The summed E-state index contributed by atoms with van der Waals surface area (Å²) in [5, 5.41) is 6.39. The highest BCUT2D eigenvalue weighted by Gasteiger charge is 2.32. The van der Waals surface area contributed by atoms with Gasteiger partial charge in [-0.05, 0) is 37.3 Å². The average Bonchev–Trinajstić information content (AvgIpc) is 3.22. The highest BCUT2D eigenvalue weighted by Crippen LogP contribution is 2.32. The number of pyridine rings is 1. The number of carbonyl (C=O) groups excluding carboxylic acids is 2. The summed E-state index contributed by atoms with van der Waals surface area (Å²) in [6.45, 7) is 1.58. The zero-order chi connectivity index (χ0) is 22.8. The van der Waals surface area contributed by atoms with E-state index in [1.54, 1.807) is 6.92 Å². The van der Waals surface area contributed by atoms with Gasteiger partial charge in [-0.15, -0.1) is 0 Å². The van der Waals surface area contributed by atoms with Gasteiger partial charge in [0, 0.05) is 16.8 Å². The van der Waals surface area contributed by atoms with Crippen molar-refractivity contribution in [3.05, 3.63) is 70.4 Å². The number of carbonyl (C=O) groups is 2. The number of alkyl halides is 3. The topological polar surface area (TPSA) is 99.0 Å². The smallest absolute Gasteiger partial charge is 0.416 e. The number of nitrogens with one attached hydrogen (secondary N) is 1. The quantitative estimate of drug-likeness (QED) is 0.551. The second-order valence-corrected chi connectivity index (χ2v) is 6.78. The Bertz CT molecular complexity index is 1120. The standard InChI is InChI=1S/C19H15ClF3N5O3.H2S/c1-10(27-17(29)12-5-13(19(21,22)23)7-14(20)6-12)16-25-9-26-28(16)15-4-3-11(8-24-15)18(30)31-2;/h3-10H,1-2H3,(H,27,29);1H2/t10-;/m0./s1. The summed E-state index contributed by atoms with van der Waals surface area (Å²) in [4.78, 5) is 32.3. The van der Waals surface area contributed by atoms with Crippen LogP contribution >= 0.6 is 25.1 Å². The Morgan fingerprint density at radius 3 is 2.47 bits per heavy atom. The Labute approximate surface area is 192 Å². The van der Waals surface area contributed by atoms with Gasteiger partial charge >= 0.3 is 12.1 Å². The maximum atomic E-state index is 13.0. The van der Waals surface area contributed by atoms with Gasteiger partial charge in [0.25, 0.3) is 5.91 Å². The van der Waals surface area contributed by atoms with E-state index >= 15 is 0 Å². The second kappa shape index (κ2) is 10.0. The number of aromatic nitrogens is 4. The van der Waals surface area contributed by atoms with Crippen molar-refractivity contribution in [3.8, 4) is 5.82 Å². The van der Waals surface area contributed by atoms with Crippen LogP contribution in [0.5, 0.6) is 0 Å². The molecule has 1 aromatic carbocycles. The average molecular weight is 488 g/mol. The molecule has 0 saturated heterocycles. The van der Waals surface area contributed by atoms with Gasteiger partial charge in [0.1, 0.15) is 6.33 Å². The Hall–Kier alpha value is -3.12. The molecular formula is C19H17ClF3N5O3S. The van der Waals surface area contributed by atoms with E-state index in [0.717, 1.165) is 12.1 Å². The van der Waals surface area contributed by atoms with Gasteiger partial charge in [0.15, 0.2) is 11.6 Å². The molecule has 0 aliphatic carbocycles. The summed E-state index contributed by atoms with van der Waals surface area (Å²) in [5.74, 6) is -0.754. The Kier molecular flexibility index (Phi) is 7.86. The first kappa shape index (κ1) is 25.1. The number of hydrogen-bond donors (Lipinski definition) is 1. The molecule has 0 unspecified atom stereocenters. The number of amides is 1. The normalized spacial score (nSPS) is 11.9. The van der Waals surface area contributed by atoms with Crippen LogP contribution in [0.3, 0.4) is 0 Å². The monoisotopic (exact) mass is 487 g/mol. The molecule has 0 spiro atoms. The van der Waals surface area contributed by atoms with Crippen LogP contribution in [0.1, 0.15) is 45.1 Å². The minimum absolute atomic E-state index is 0. The fourth-order valence-corrected chi connectivity index (χ4v) is 2.94. The summed E-state index contributed by atoms with van der Waals surface area (Å²) < 4.78 is 44.9. The molecule has 2 aromatic heterocycles. The molecule has 8 nitrogen and oxygen atoms in total. The predicted molar refractivity (Wildman–Crippen MR) is 113 cm³/mol. The Balaban J connectivity index is 0.00000363. The van der Waals surface area contributed by atoms with Crippen LogP contribution in [0.15, 0.2) is 42.9 Å². The first-order valence-corrected chi connectivity index (χ1v) is 9.11. The van der Waals surface area contributed by atoms with Crippen LogP contribution in [0.2, 0.25) is 5.02 Å². The third-order valence-corrected chi connectivity index (χ3v) is 4.40. The Morgan fingerprint density at radius 1 is 1.16 bits per heavy atom. The molecule has 1 N–H and O–H groups in total. The van der Waals surface area contributed by atoms with Crippen molar-refractivity contribution < 1.29 is 27.5 Å². The van der Waals surface area contributed by atoms with Crippen molar-refractivity contribution in [1.82, 2.24) is 25.1 Å². The van der Waals surface area contributed by atoms with Gasteiger partial charge in [0.05, 0.1) is 24.3 Å². The molecule has 13 heteroatoms. The van der Waals surface area contributed by atoms with Gasteiger partial charge in [-0.25, -0.2) is 14.8 Å². The van der Waals surface area contributed by atoms with Crippen LogP contribution < -0.4 is 5.32 Å². The minimum Gasteiger partial charge on any atom is -0.465 e. The van der Waals surface area contributed by atoms with Crippen molar-refractivity contribution in [1.29, 1.82) is 0 Å². The first-order chi connectivity index (χ1) is 14.6. The van der Waals surface area contributed by atoms with E-state index < -0.39 is 29.7 Å². The predicted octanol–water partition coefficient (Wildman–Crippen LogP) is 3.72. The SMILES string of the molecule is COC(=O)c1ccc(-n2ncnc2[C@H](C)NC(=O)c2cc(Cl)cc(C(F)(F)F)c2)nc1.S. The number of esters is 1. The van der Waals surface area contributed by atoms with E-state index in [1.807, 2.05) is 0 Å². The number of nitrogens with zero attached hydrogens (tertiary/aromatic N) is 4. The highest BCUT2D eigenvalue weighted by atomic mass is 35.5. The summed E-state index contributed by atoms with van der Waals surface area (Å²) in [5.41, 5.74) is -1.05. The summed E-state index contributed by atoms with van der Waals surface area (Å²) in [7, 11) is 1.24. The number of halogens is 4. The van der Waals surface area contributed by atoms with E-state index in [0.29, 0.717) is 11.9 Å². The molecule has 0 saturated carbocycles. The number of ether oxygens (including phenoxy) is 1. The molecule has 0 radical (unpaired) electrons. The highest BCUT2D eigenvalue weighted by molar-refractivity contribution is 7.59. The lowest BCUT2D eigenvalue weighted by atomic mass is 10.1. The lowest BCUT2D eigenvalue weighted by molar-refractivity contribution is -0.137. The van der Waals surface area contributed by atoms with Crippen molar-refractivity contribution >= 4 is 37.0 Å². The van der Waals surface area contributed by atoms with Gasteiger partial charge in [-0.3, -0.25) is 4.79 Å². The third kappa shape index (κ3) is 5.56. The Morgan fingerprint density at radius 2 is 1.88 bits per heavy atom. The van der Waals surface area contributed by atoms with E-state index in [1.165, 1.54) is 36.4 Å². The maximum absolute atomic E-state index is 13.0. The lowest BCUT2D eigenvalue weighted by Crippen LogP contribution is -2.29. The largest absolute Gasteiger partial charge is 0.465 e. The van der Waals surface area contributed by atoms with E-state index in [2.05, 4.69) is 25.1 Å². The van der Waals surface area contributed by atoms with Crippen molar-refractivity contribution in [3.63, 3.8) is 0 Å². The van der Waals surface area contributed by atoms with Gasteiger partial charge in [0.2, 0.25) is 0 Å². The van der Waals surface area contributed by atoms with Crippen LogP contribution in [0.4, 0.5) is 13.2 Å². The van der Waals surface area contributed by atoms with E-state index in [-0.39, 0.29) is 35.5 Å². The second-order valence-electron chi connectivity index (χ2n) is 6.35. The van der Waals surface area contributed by atoms with Gasteiger partial charge < -0.3 is 10.1 Å². The molecule has 32 heavy (non-hydrogen) atoms. The van der Waals surface area contributed by atoms with Crippen molar-refractivity contribution in [2.24, 2.45) is 0 Å². The van der Waals surface area contributed by atoms with Crippen LogP contribution in [-0.4, -0.2) is 38.7 Å². The number of hydrogen-bond acceptors (Lipinski definition) is 6. The summed E-state index contributed by atoms with van der Waals surface area (Å²) in [6.07, 6.45) is -2.12. The molecule has 3 rings (SSSR count). The minimum atomic E-state index is -4.65. The first-order valence-electron chi connectivity index (χ1n) is 8.73. The maximum Gasteiger partial charge on any atom is 0.416 e. The number of benzene rings is 1. The molecule has 0 fully saturated rings. The van der Waals surface area contributed by atoms with Crippen LogP contribution in [-0.2, 0) is 10.9 Å². The number of methoxy groups -OCH3 is 1. The third-order valence-electron chi connectivity index (χ3n) is 4.18. The lowest BCUT2D eigenvalue weighted by Gasteiger charge is -2.15. The fraction of sp³-hybridized carbons (Fsp3) is 0.211. The van der Waals surface area contributed by atoms with Crippen LogP contribution in [0, 0.1) is 0 Å². The zero-order valence-electron chi connectivity index (χ0n) is 16.6. The molecule has 0 aliphatic rings. The van der Waals surface area contributed by atoms with Gasteiger partial charge in [-0.1, -0.05) is 11.6 Å². The molecule has 1 atom stereocenters. The molecule has 1 amide bonds. The van der Waals surface area contributed by atoms with E-state index in [9.17, 15) is 22.8 Å². The molecular weight excluding hydrogens is 471 g/mol. The van der Waals surface area contributed by atoms with Crippen LogP contribution in [0.25, 0.3) is 5.82 Å². The van der Waals surface area contributed by atoms with Crippen molar-refractivity contribution in [2.45, 2.75) is 19.1 Å². The van der Waals surface area contributed by atoms with E-state index in [4.69, 9.17) is 11.6 Å². The molecule has 2 heterocycles. The number of rotatable bonds is 5. The molecule has 3 aromatic rings. The van der Waals surface area contributed by atoms with Gasteiger partial charge in [-0.2, -0.15) is 36.4 Å².